The molecule has 0 aliphatic rings. The van der Waals surface area contributed by atoms with E-state index < -0.39 is 15.9 Å². The molecular formula is C20H24N2O5S. The maximum Gasteiger partial charge on any atom is 0.262 e. The molecule has 0 aromatic heterocycles. The van der Waals surface area contributed by atoms with E-state index in [1.807, 2.05) is 31.2 Å². The van der Waals surface area contributed by atoms with Gasteiger partial charge < -0.3 is 14.8 Å². The Morgan fingerprint density at radius 1 is 1.14 bits per heavy atom. The Kier molecular flexibility index (Phi) is 7.19. The maximum absolute atomic E-state index is 12.2. The van der Waals surface area contributed by atoms with Crippen LogP contribution in [0.4, 0.5) is 5.69 Å². The fourth-order valence-electron chi connectivity index (χ4n) is 2.39. The molecular weight excluding hydrogens is 380 g/mol. The summed E-state index contributed by atoms with van der Waals surface area (Å²) in [6.45, 7) is 1.67. The number of anilines is 1. The summed E-state index contributed by atoms with van der Waals surface area (Å²) >= 11 is 0. The summed E-state index contributed by atoms with van der Waals surface area (Å²) in [5, 5.41) is 2.63. The molecule has 0 atom stereocenters. The third-order valence-corrected chi connectivity index (χ3v) is 5.61. The summed E-state index contributed by atoms with van der Waals surface area (Å²) in [6, 6.07) is 11.4. The molecule has 2 rings (SSSR count). The summed E-state index contributed by atoms with van der Waals surface area (Å²) in [5.74, 6) is 0.538. The lowest BCUT2D eigenvalue weighted by atomic mass is 10.2. The van der Waals surface area contributed by atoms with Crippen LogP contribution < -0.4 is 14.8 Å². The molecule has 2 aromatic carbocycles. The van der Waals surface area contributed by atoms with Crippen molar-refractivity contribution in [3.63, 3.8) is 0 Å². The van der Waals surface area contributed by atoms with Crippen LogP contribution in [0.15, 0.2) is 53.4 Å². The molecule has 0 bridgehead atoms. The Balaban J connectivity index is 2.06. The van der Waals surface area contributed by atoms with Gasteiger partial charge in [0.1, 0.15) is 0 Å². The largest absolute Gasteiger partial charge is 0.493 e. The second-order valence-corrected chi connectivity index (χ2v) is 8.21. The zero-order chi connectivity index (χ0) is 20.7. The van der Waals surface area contributed by atoms with Gasteiger partial charge in [0.2, 0.25) is 10.0 Å². The van der Waals surface area contributed by atoms with E-state index in [2.05, 4.69) is 5.32 Å². The van der Waals surface area contributed by atoms with E-state index in [9.17, 15) is 13.2 Å². The number of amides is 1. The number of nitrogens with zero attached hydrogens (tertiary/aromatic N) is 1. The highest BCUT2D eigenvalue weighted by Crippen LogP contribution is 2.28. The van der Waals surface area contributed by atoms with E-state index in [0.717, 1.165) is 9.87 Å². The zero-order valence-electron chi connectivity index (χ0n) is 16.3. The highest BCUT2D eigenvalue weighted by molar-refractivity contribution is 7.89. The SMILES string of the molecule is C/C=C/c1ccc(OCC(=O)Nc2cccc(S(=O)(=O)N(C)C)c2)c(OC)c1. The summed E-state index contributed by atoms with van der Waals surface area (Å²) in [7, 11) is 0.842. The molecule has 0 aliphatic heterocycles. The van der Waals surface area contributed by atoms with E-state index in [0.29, 0.717) is 17.2 Å². The smallest absolute Gasteiger partial charge is 0.262 e. The van der Waals surface area contributed by atoms with E-state index in [-0.39, 0.29) is 11.5 Å². The van der Waals surface area contributed by atoms with Gasteiger partial charge in [-0.2, -0.15) is 0 Å². The van der Waals surface area contributed by atoms with E-state index in [1.54, 1.807) is 18.2 Å². The molecule has 0 aliphatic carbocycles. The minimum Gasteiger partial charge on any atom is -0.493 e. The molecule has 0 unspecified atom stereocenters. The first-order valence-corrected chi connectivity index (χ1v) is 9.98. The summed E-state index contributed by atoms with van der Waals surface area (Å²) in [5.41, 5.74) is 1.32. The van der Waals surface area contributed by atoms with Crippen LogP contribution >= 0.6 is 0 Å². The van der Waals surface area contributed by atoms with Crippen molar-refractivity contribution in [2.45, 2.75) is 11.8 Å². The van der Waals surface area contributed by atoms with Crippen LogP contribution in [0, 0.1) is 0 Å². The Morgan fingerprint density at radius 2 is 1.89 bits per heavy atom. The molecule has 0 saturated heterocycles. The molecule has 1 amide bonds. The number of rotatable bonds is 8. The topological polar surface area (TPSA) is 84.9 Å². The van der Waals surface area contributed by atoms with Gasteiger partial charge in [0.05, 0.1) is 12.0 Å². The molecule has 1 N–H and O–H groups in total. The van der Waals surface area contributed by atoms with Crippen LogP contribution in [0.2, 0.25) is 0 Å². The van der Waals surface area contributed by atoms with E-state index in [1.165, 1.54) is 33.3 Å². The number of hydrogen-bond donors (Lipinski definition) is 1. The number of sulfonamides is 1. The Hall–Kier alpha value is -2.84. The third kappa shape index (κ3) is 5.34. The lowest BCUT2D eigenvalue weighted by Crippen LogP contribution is -2.23. The maximum atomic E-state index is 12.2. The quantitative estimate of drug-likeness (QED) is 0.731. The molecule has 7 nitrogen and oxygen atoms in total. The number of nitrogens with one attached hydrogen (secondary N) is 1. The van der Waals surface area contributed by atoms with E-state index in [4.69, 9.17) is 9.47 Å². The minimum absolute atomic E-state index is 0.0949. The summed E-state index contributed by atoms with van der Waals surface area (Å²) in [4.78, 5) is 12.3. The molecule has 0 saturated carbocycles. The van der Waals surface area contributed by atoms with Gasteiger partial charge in [-0.3, -0.25) is 4.79 Å². The first-order valence-electron chi connectivity index (χ1n) is 8.54. The van der Waals surface area contributed by atoms with Crippen LogP contribution in [-0.4, -0.2) is 46.4 Å². The third-order valence-electron chi connectivity index (χ3n) is 3.80. The second kappa shape index (κ2) is 9.38. The van der Waals surface area contributed by atoms with Crippen molar-refractivity contribution in [2.24, 2.45) is 0 Å². The molecule has 0 heterocycles. The van der Waals surface area contributed by atoms with Gasteiger partial charge in [-0.15, -0.1) is 0 Å². The molecule has 2 aromatic rings. The lowest BCUT2D eigenvalue weighted by molar-refractivity contribution is -0.118. The first kappa shape index (κ1) is 21.5. The van der Waals surface area contributed by atoms with Crippen molar-refractivity contribution < 1.29 is 22.7 Å². The fourth-order valence-corrected chi connectivity index (χ4v) is 3.33. The zero-order valence-corrected chi connectivity index (χ0v) is 17.1. The molecule has 8 heteroatoms. The summed E-state index contributed by atoms with van der Waals surface area (Å²) < 4.78 is 36.3. The average molecular weight is 404 g/mol. The van der Waals surface area contributed by atoms with Crippen molar-refractivity contribution >= 4 is 27.7 Å². The van der Waals surface area contributed by atoms with Crippen molar-refractivity contribution in [1.82, 2.24) is 4.31 Å². The normalized spacial score (nSPS) is 11.6. The number of carbonyl (C=O) groups is 1. The molecule has 0 spiro atoms. The van der Waals surface area contributed by atoms with Gasteiger partial charge in [0.25, 0.3) is 5.91 Å². The Labute approximate surface area is 165 Å². The van der Waals surface area contributed by atoms with Crippen LogP contribution in [0.5, 0.6) is 11.5 Å². The van der Waals surface area contributed by atoms with Crippen molar-refractivity contribution in [1.29, 1.82) is 0 Å². The Bertz CT molecular complexity index is 968. The average Bonchev–Trinajstić information content (AvgIpc) is 2.67. The molecule has 150 valence electrons. The highest BCUT2D eigenvalue weighted by Gasteiger charge is 2.17. The molecule has 0 fully saturated rings. The molecule has 0 radical (unpaired) electrons. The van der Waals surface area contributed by atoms with Gasteiger partial charge in [-0.1, -0.05) is 24.3 Å². The number of allylic oxidation sites excluding steroid dienone is 1. The number of benzene rings is 2. The number of ether oxygens (including phenoxy) is 2. The van der Waals surface area contributed by atoms with Crippen LogP contribution in [-0.2, 0) is 14.8 Å². The van der Waals surface area contributed by atoms with Crippen LogP contribution in [0.3, 0.4) is 0 Å². The van der Waals surface area contributed by atoms with Crippen LogP contribution in [0.1, 0.15) is 12.5 Å². The van der Waals surface area contributed by atoms with Crippen molar-refractivity contribution in [2.75, 3.05) is 33.1 Å². The lowest BCUT2D eigenvalue weighted by Gasteiger charge is -2.13. The molecule has 28 heavy (non-hydrogen) atoms. The minimum atomic E-state index is -3.58. The standard InChI is InChI=1S/C20H24N2O5S/c1-5-7-15-10-11-18(19(12-15)26-4)27-14-20(23)21-16-8-6-9-17(13-16)28(24,25)22(2)3/h5-13H,14H2,1-4H3,(H,21,23)/b7-5+. The van der Waals surface area contributed by atoms with Crippen molar-refractivity contribution in [3.05, 3.63) is 54.1 Å². The van der Waals surface area contributed by atoms with Gasteiger partial charge in [0.15, 0.2) is 18.1 Å². The van der Waals surface area contributed by atoms with Gasteiger partial charge in [-0.05, 0) is 42.8 Å². The van der Waals surface area contributed by atoms with Crippen LogP contribution in [0.25, 0.3) is 6.08 Å². The second-order valence-electron chi connectivity index (χ2n) is 6.06. The predicted octanol–water partition coefficient (Wildman–Crippen LogP) is 3.00. The van der Waals surface area contributed by atoms with Crippen molar-refractivity contribution in [3.8, 4) is 11.5 Å². The monoisotopic (exact) mass is 404 g/mol. The number of carbonyl (C=O) groups excluding carboxylic acids is 1. The Morgan fingerprint density at radius 3 is 2.54 bits per heavy atom. The highest BCUT2D eigenvalue weighted by atomic mass is 32.2. The number of methoxy groups -OCH3 is 1. The number of hydrogen-bond acceptors (Lipinski definition) is 5. The first-order chi connectivity index (χ1) is 13.3. The van der Waals surface area contributed by atoms with Gasteiger partial charge in [0, 0.05) is 19.8 Å². The predicted molar refractivity (Wildman–Crippen MR) is 109 cm³/mol. The summed E-state index contributed by atoms with van der Waals surface area (Å²) in [6.07, 6.45) is 3.83. The van der Waals surface area contributed by atoms with E-state index >= 15 is 0 Å². The van der Waals surface area contributed by atoms with Gasteiger partial charge >= 0.3 is 0 Å². The van der Waals surface area contributed by atoms with Gasteiger partial charge in [-0.25, -0.2) is 12.7 Å². The fraction of sp³-hybridized carbons (Fsp3) is 0.250.